The Kier molecular flexibility index (Phi) is 3.37. The number of carbonyl (C=O) groups is 1. The van der Waals surface area contributed by atoms with E-state index in [1.54, 1.807) is 9.58 Å². The molecule has 2 rings (SSSR count). The van der Waals surface area contributed by atoms with Crippen molar-refractivity contribution in [3.63, 3.8) is 0 Å². The second-order valence-corrected chi connectivity index (χ2v) is 3.80. The molecule has 0 fully saturated rings. The molecule has 0 spiro atoms. The highest BCUT2D eigenvalue weighted by Gasteiger charge is 2.12. The second kappa shape index (κ2) is 4.95. The Labute approximate surface area is 100 Å². The van der Waals surface area contributed by atoms with Gasteiger partial charge in [-0.1, -0.05) is 17.3 Å². The molecule has 1 aromatic heterocycles. The lowest BCUT2D eigenvalue weighted by atomic mass is 10.3. The van der Waals surface area contributed by atoms with Gasteiger partial charge in [-0.05, 0) is 26.0 Å². The van der Waals surface area contributed by atoms with E-state index in [1.807, 2.05) is 38.1 Å². The highest BCUT2D eigenvalue weighted by atomic mass is 16.2. The Morgan fingerprint density at radius 3 is 2.71 bits per heavy atom. The number of rotatable bonds is 4. The van der Waals surface area contributed by atoms with E-state index in [-0.39, 0.29) is 12.5 Å². The molecule has 0 radical (unpaired) electrons. The van der Waals surface area contributed by atoms with Gasteiger partial charge in [0.2, 0.25) is 5.91 Å². The van der Waals surface area contributed by atoms with E-state index in [0.717, 1.165) is 24.1 Å². The Balaban J connectivity index is 2.21. The zero-order valence-electron chi connectivity index (χ0n) is 10.1. The summed E-state index contributed by atoms with van der Waals surface area (Å²) >= 11 is 0. The summed E-state index contributed by atoms with van der Waals surface area (Å²) in [6, 6.07) is 7.64. The van der Waals surface area contributed by atoms with E-state index in [9.17, 15) is 4.79 Å². The first kappa shape index (κ1) is 11.6. The molecular weight excluding hydrogens is 216 g/mol. The zero-order valence-corrected chi connectivity index (χ0v) is 10.1. The summed E-state index contributed by atoms with van der Waals surface area (Å²) in [7, 11) is 0. The summed E-state index contributed by atoms with van der Waals surface area (Å²) in [5.41, 5.74) is 1.72. The molecule has 2 aromatic rings. The third-order valence-electron chi connectivity index (χ3n) is 2.82. The molecule has 5 heteroatoms. The molecule has 0 aliphatic rings. The first-order valence-electron chi connectivity index (χ1n) is 5.82. The number of amides is 1. The number of hydrogen-bond acceptors (Lipinski definition) is 3. The maximum Gasteiger partial charge on any atom is 0.244 e. The minimum absolute atomic E-state index is 0.0747. The number of likely N-dealkylation sites (N-methyl/N-ethyl adjacent to an activating group) is 1. The van der Waals surface area contributed by atoms with Crippen LogP contribution in [0.3, 0.4) is 0 Å². The fraction of sp³-hybridized carbons (Fsp3) is 0.417. The number of nitrogens with zero attached hydrogens (tertiary/aromatic N) is 4. The number of fused-ring (bicyclic) bond motifs is 1. The van der Waals surface area contributed by atoms with Crippen molar-refractivity contribution in [3.05, 3.63) is 24.3 Å². The van der Waals surface area contributed by atoms with Crippen molar-refractivity contribution in [1.82, 2.24) is 19.9 Å². The lowest BCUT2D eigenvalue weighted by molar-refractivity contribution is -0.131. The summed E-state index contributed by atoms with van der Waals surface area (Å²) in [6.07, 6.45) is 0. The predicted octanol–water partition coefficient (Wildman–Crippen LogP) is 1.30. The molecule has 90 valence electrons. The lowest BCUT2D eigenvalue weighted by Crippen LogP contribution is -2.33. The van der Waals surface area contributed by atoms with E-state index in [1.165, 1.54) is 0 Å². The van der Waals surface area contributed by atoms with E-state index >= 15 is 0 Å². The standard InChI is InChI=1S/C12H16N4O/c1-3-15(4-2)12(17)9-16-11-8-6-5-7-10(11)13-14-16/h5-8H,3-4,9H2,1-2H3. The largest absolute Gasteiger partial charge is 0.342 e. The van der Waals surface area contributed by atoms with Crippen molar-refractivity contribution in [3.8, 4) is 0 Å². The Morgan fingerprint density at radius 2 is 2.00 bits per heavy atom. The van der Waals surface area contributed by atoms with Crippen molar-refractivity contribution in [1.29, 1.82) is 0 Å². The SMILES string of the molecule is CCN(CC)C(=O)Cn1nnc2ccccc21. The van der Waals surface area contributed by atoms with Crippen LogP contribution < -0.4 is 0 Å². The molecular formula is C12H16N4O. The van der Waals surface area contributed by atoms with Crippen LogP contribution >= 0.6 is 0 Å². The average Bonchev–Trinajstić information content (AvgIpc) is 2.74. The number of aromatic nitrogens is 3. The van der Waals surface area contributed by atoms with Crippen molar-refractivity contribution < 1.29 is 4.79 Å². The molecule has 0 aliphatic heterocycles. The molecule has 1 amide bonds. The van der Waals surface area contributed by atoms with Gasteiger partial charge >= 0.3 is 0 Å². The highest BCUT2D eigenvalue weighted by molar-refractivity contribution is 5.79. The van der Waals surface area contributed by atoms with Gasteiger partial charge in [-0.3, -0.25) is 4.79 Å². The molecule has 0 saturated carbocycles. The smallest absolute Gasteiger partial charge is 0.244 e. The molecule has 17 heavy (non-hydrogen) atoms. The molecule has 0 saturated heterocycles. The van der Waals surface area contributed by atoms with E-state index in [4.69, 9.17) is 0 Å². The molecule has 0 bridgehead atoms. The monoisotopic (exact) mass is 232 g/mol. The van der Waals surface area contributed by atoms with E-state index < -0.39 is 0 Å². The van der Waals surface area contributed by atoms with Gasteiger partial charge in [-0.15, -0.1) is 5.10 Å². The molecule has 0 N–H and O–H groups in total. The third kappa shape index (κ3) is 2.27. The number of para-hydroxylation sites is 1. The highest BCUT2D eigenvalue weighted by Crippen LogP contribution is 2.09. The van der Waals surface area contributed by atoms with E-state index in [2.05, 4.69) is 10.3 Å². The number of hydrogen-bond donors (Lipinski definition) is 0. The number of benzene rings is 1. The lowest BCUT2D eigenvalue weighted by Gasteiger charge is -2.18. The van der Waals surface area contributed by atoms with Crippen molar-refractivity contribution in [2.75, 3.05) is 13.1 Å². The van der Waals surface area contributed by atoms with Crippen LogP contribution in [-0.4, -0.2) is 38.9 Å². The third-order valence-corrected chi connectivity index (χ3v) is 2.82. The Bertz CT molecular complexity index is 516. The first-order valence-corrected chi connectivity index (χ1v) is 5.82. The number of carbonyl (C=O) groups excluding carboxylic acids is 1. The van der Waals surface area contributed by atoms with Crippen LogP contribution in [0.25, 0.3) is 11.0 Å². The van der Waals surface area contributed by atoms with E-state index in [0.29, 0.717) is 0 Å². The Morgan fingerprint density at radius 1 is 1.29 bits per heavy atom. The average molecular weight is 232 g/mol. The van der Waals surface area contributed by atoms with Gasteiger partial charge in [0.15, 0.2) is 0 Å². The minimum Gasteiger partial charge on any atom is -0.342 e. The van der Waals surface area contributed by atoms with Gasteiger partial charge in [0.1, 0.15) is 12.1 Å². The van der Waals surface area contributed by atoms with Gasteiger partial charge in [0.05, 0.1) is 5.52 Å². The minimum atomic E-state index is 0.0747. The fourth-order valence-corrected chi connectivity index (χ4v) is 1.84. The van der Waals surface area contributed by atoms with Crippen molar-refractivity contribution in [2.24, 2.45) is 0 Å². The summed E-state index contributed by atoms with van der Waals surface area (Å²) < 4.78 is 1.65. The van der Waals surface area contributed by atoms with Gasteiger partial charge < -0.3 is 4.90 Å². The van der Waals surface area contributed by atoms with Crippen LogP contribution in [-0.2, 0) is 11.3 Å². The zero-order chi connectivity index (χ0) is 12.3. The fourth-order valence-electron chi connectivity index (χ4n) is 1.84. The summed E-state index contributed by atoms with van der Waals surface area (Å²) in [4.78, 5) is 13.7. The molecule has 0 atom stereocenters. The second-order valence-electron chi connectivity index (χ2n) is 3.80. The van der Waals surface area contributed by atoms with Gasteiger partial charge in [-0.2, -0.15) is 0 Å². The molecule has 1 heterocycles. The maximum absolute atomic E-state index is 12.0. The van der Waals surface area contributed by atoms with Gasteiger partial charge in [-0.25, -0.2) is 4.68 Å². The van der Waals surface area contributed by atoms with Crippen LogP contribution in [0.4, 0.5) is 0 Å². The summed E-state index contributed by atoms with van der Waals surface area (Å²) in [6.45, 7) is 5.65. The first-order chi connectivity index (χ1) is 8.26. The normalized spacial score (nSPS) is 10.7. The van der Waals surface area contributed by atoms with Crippen LogP contribution in [0, 0.1) is 0 Å². The quantitative estimate of drug-likeness (QED) is 0.798. The van der Waals surface area contributed by atoms with Crippen LogP contribution in [0.1, 0.15) is 13.8 Å². The van der Waals surface area contributed by atoms with Crippen molar-refractivity contribution >= 4 is 16.9 Å². The molecule has 0 aliphatic carbocycles. The van der Waals surface area contributed by atoms with Gasteiger partial charge in [0, 0.05) is 13.1 Å². The molecule has 0 unspecified atom stereocenters. The summed E-state index contributed by atoms with van der Waals surface area (Å²) in [5, 5.41) is 8.03. The topological polar surface area (TPSA) is 51.0 Å². The van der Waals surface area contributed by atoms with Crippen LogP contribution in [0.15, 0.2) is 24.3 Å². The van der Waals surface area contributed by atoms with Gasteiger partial charge in [0.25, 0.3) is 0 Å². The van der Waals surface area contributed by atoms with Crippen LogP contribution in [0.5, 0.6) is 0 Å². The predicted molar refractivity (Wildman–Crippen MR) is 65.5 cm³/mol. The van der Waals surface area contributed by atoms with Crippen LogP contribution in [0.2, 0.25) is 0 Å². The molecule has 5 nitrogen and oxygen atoms in total. The Hall–Kier alpha value is -1.91. The van der Waals surface area contributed by atoms with Crippen molar-refractivity contribution in [2.45, 2.75) is 20.4 Å². The molecule has 1 aromatic carbocycles. The summed E-state index contributed by atoms with van der Waals surface area (Å²) in [5.74, 6) is 0.0747. The maximum atomic E-state index is 12.0.